The number of methoxy groups -OCH3 is 2. The second-order valence-corrected chi connectivity index (χ2v) is 5.12. The fraction of sp³-hybridized carbons (Fsp3) is 0.533. The van der Waals surface area contributed by atoms with E-state index in [1.165, 1.54) is 12.7 Å². The van der Waals surface area contributed by atoms with Gasteiger partial charge in [0.2, 0.25) is 0 Å². The number of amides is 1. The maximum absolute atomic E-state index is 11.2. The lowest BCUT2D eigenvalue weighted by molar-refractivity contribution is 0.168. The molecule has 0 spiro atoms. The quantitative estimate of drug-likeness (QED) is 0.890. The molecular formula is C15H23NO3. The van der Waals surface area contributed by atoms with Gasteiger partial charge in [-0.1, -0.05) is 32.9 Å². The number of alkyl carbamates (subject to hydrolysis) is 1. The SMILES string of the molecule is CCc1ccc(OC)c(C(C)(C)CNC(=O)OC)c1. The second kappa shape index (κ2) is 6.45. The van der Waals surface area contributed by atoms with E-state index in [0.717, 1.165) is 17.7 Å². The van der Waals surface area contributed by atoms with Gasteiger partial charge in [0.15, 0.2) is 0 Å². The van der Waals surface area contributed by atoms with E-state index in [9.17, 15) is 4.79 Å². The first-order valence-electron chi connectivity index (χ1n) is 6.43. The highest BCUT2D eigenvalue weighted by molar-refractivity contribution is 5.67. The van der Waals surface area contributed by atoms with Gasteiger partial charge >= 0.3 is 6.09 Å². The van der Waals surface area contributed by atoms with Gasteiger partial charge in [0.1, 0.15) is 5.75 Å². The molecule has 4 nitrogen and oxygen atoms in total. The molecule has 0 fully saturated rings. The third kappa shape index (κ3) is 3.88. The molecule has 0 atom stereocenters. The Morgan fingerprint density at radius 3 is 2.53 bits per heavy atom. The van der Waals surface area contributed by atoms with Crippen molar-refractivity contribution in [2.24, 2.45) is 0 Å². The number of carbonyl (C=O) groups is 1. The summed E-state index contributed by atoms with van der Waals surface area (Å²) in [5.74, 6) is 0.842. The molecule has 0 heterocycles. The molecule has 1 amide bonds. The highest BCUT2D eigenvalue weighted by atomic mass is 16.5. The lowest BCUT2D eigenvalue weighted by atomic mass is 9.83. The molecule has 1 N–H and O–H groups in total. The monoisotopic (exact) mass is 265 g/mol. The minimum absolute atomic E-state index is 0.231. The summed E-state index contributed by atoms with van der Waals surface area (Å²) < 4.78 is 10.0. The summed E-state index contributed by atoms with van der Waals surface area (Å²) in [4.78, 5) is 11.2. The van der Waals surface area contributed by atoms with Crippen molar-refractivity contribution in [2.75, 3.05) is 20.8 Å². The Bertz CT molecular complexity index is 441. The topological polar surface area (TPSA) is 47.6 Å². The van der Waals surface area contributed by atoms with Crippen LogP contribution in [-0.4, -0.2) is 26.9 Å². The third-order valence-electron chi connectivity index (χ3n) is 3.26. The Labute approximate surface area is 115 Å². The minimum atomic E-state index is -0.418. The van der Waals surface area contributed by atoms with Gasteiger partial charge in [-0.2, -0.15) is 0 Å². The Kier molecular flexibility index (Phi) is 5.21. The van der Waals surface area contributed by atoms with E-state index in [-0.39, 0.29) is 5.41 Å². The van der Waals surface area contributed by atoms with Crippen molar-refractivity contribution in [1.29, 1.82) is 0 Å². The predicted octanol–water partition coefficient (Wildman–Crippen LogP) is 2.89. The zero-order chi connectivity index (χ0) is 14.5. The number of ether oxygens (including phenoxy) is 2. The van der Waals surface area contributed by atoms with Gasteiger partial charge in [-0.05, 0) is 18.1 Å². The van der Waals surface area contributed by atoms with Crippen molar-refractivity contribution in [3.63, 3.8) is 0 Å². The number of nitrogens with one attached hydrogen (secondary N) is 1. The van der Waals surface area contributed by atoms with Crippen LogP contribution in [0.3, 0.4) is 0 Å². The summed E-state index contributed by atoms with van der Waals surface area (Å²) in [6, 6.07) is 6.18. The van der Waals surface area contributed by atoms with E-state index in [1.807, 2.05) is 6.07 Å². The van der Waals surface area contributed by atoms with Crippen molar-refractivity contribution in [3.05, 3.63) is 29.3 Å². The van der Waals surface area contributed by atoms with Crippen LogP contribution in [0, 0.1) is 0 Å². The molecule has 0 bridgehead atoms. The maximum atomic E-state index is 11.2. The van der Waals surface area contributed by atoms with E-state index in [0.29, 0.717) is 6.54 Å². The number of carbonyl (C=O) groups excluding carboxylic acids is 1. The molecule has 0 radical (unpaired) electrons. The molecule has 19 heavy (non-hydrogen) atoms. The van der Waals surface area contributed by atoms with Crippen LogP contribution in [0.1, 0.15) is 31.9 Å². The van der Waals surface area contributed by atoms with Crippen molar-refractivity contribution in [3.8, 4) is 5.75 Å². The van der Waals surface area contributed by atoms with Gasteiger partial charge in [0.05, 0.1) is 14.2 Å². The van der Waals surface area contributed by atoms with Crippen molar-refractivity contribution in [2.45, 2.75) is 32.6 Å². The smallest absolute Gasteiger partial charge is 0.406 e. The molecule has 106 valence electrons. The molecule has 0 saturated carbocycles. The molecule has 4 heteroatoms. The third-order valence-corrected chi connectivity index (χ3v) is 3.26. The van der Waals surface area contributed by atoms with Gasteiger partial charge in [-0.25, -0.2) is 4.79 Å². The van der Waals surface area contributed by atoms with E-state index in [4.69, 9.17) is 4.74 Å². The van der Waals surface area contributed by atoms with Crippen LogP contribution in [0.15, 0.2) is 18.2 Å². The first-order valence-corrected chi connectivity index (χ1v) is 6.43. The van der Waals surface area contributed by atoms with E-state index in [2.05, 4.69) is 43.0 Å². The first kappa shape index (κ1) is 15.3. The maximum Gasteiger partial charge on any atom is 0.406 e. The van der Waals surface area contributed by atoms with Crippen molar-refractivity contribution < 1.29 is 14.3 Å². The van der Waals surface area contributed by atoms with Crippen LogP contribution < -0.4 is 10.1 Å². The lowest BCUT2D eigenvalue weighted by Gasteiger charge is -2.27. The van der Waals surface area contributed by atoms with Crippen LogP contribution in [0.4, 0.5) is 4.79 Å². The lowest BCUT2D eigenvalue weighted by Crippen LogP contribution is -2.36. The molecule has 0 saturated heterocycles. The summed E-state index contributed by atoms with van der Waals surface area (Å²) in [7, 11) is 3.02. The standard InChI is InChI=1S/C15H23NO3/c1-6-11-7-8-13(18-4)12(9-11)15(2,3)10-16-14(17)19-5/h7-9H,6,10H2,1-5H3,(H,16,17). The summed E-state index contributed by atoms with van der Waals surface area (Å²) in [5, 5.41) is 2.74. The Morgan fingerprint density at radius 1 is 1.32 bits per heavy atom. The number of aryl methyl sites for hydroxylation is 1. The van der Waals surface area contributed by atoms with Gasteiger partial charge in [-0.15, -0.1) is 0 Å². The summed E-state index contributed by atoms with van der Waals surface area (Å²) in [6.07, 6.45) is 0.552. The molecule has 0 aliphatic rings. The van der Waals surface area contributed by atoms with Crippen LogP contribution in [0.25, 0.3) is 0 Å². The van der Waals surface area contributed by atoms with Crippen LogP contribution >= 0.6 is 0 Å². The predicted molar refractivity (Wildman–Crippen MR) is 75.8 cm³/mol. The fourth-order valence-corrected chi connectivity index (χ4v) is 1.96. The Morgan fingerprint density at radius 2 is 2.00 bits per heavy atom. The van der Waals surface area contributed by atoms with Gasteiger partial charge in [0, 0.05) is 17.5 Å². The number of hydrogen-bond donors (Lipinski definition) is 1. The van der Waals surface area contributed by atoms with Crippen LogP contribution in [-0.2, 0) is 16.6 Å². The summed E-state index contributed by atoms with van der Waals surface area (Å²) in [5.41, 5.74) is 2.11. The fourth-order valence-electron chi connectivity index (χ4n) is 1.96. The molecule has 1 aromatic carbocycles. The van der Waals surface area contributed by atoms with E-state index < -0.39 is 6.09 Å². The summed E-state index contributed by atoms with van der Waals surface area (Å²) >= 11 is 0. The molecule has 0 unspecified atom stereocenters. The first-order chi connectivity index (χ1) is 8.94. The Hall–Kier alpha value is -1.71. The minimum Gasteiger partial charge on any atom is -0.496 e. The number of rotatable bonds is 5. The highest BCUT2D eigenvalue weighted by Crippen LogP contribution is 2.32. The average molecular weight is 265 g/mol. The van der Waals surface area contributed by atoms with Crippen LogP contribution in [0.2, 0.25) is 0 Å². The average Bonchev–Trinajstić information content (AvgIpc) is 2.43. The van der Waals surface area contributed by atoms with E-state index in [1.54, 1.807) is 7.11 Å². The van der Waals surface area contributed by atoms with Gasteiger partial charge in [0.25, 0.3) is 0 Å². The van der Waals surface area contributed by atoms with Gasteiger partial charge in [-0.3, -0.25) is 0 Å². The summed E-state index contributed by atoms with van der Waals surface area (Å²) in [6.45, 7) is 6.74. The van der Waals surface area contributed by atoms with Crippen molar-refractivity contribution in [1.82, 2.24) is 5.32 Å². The largest absolute Gasteiger partial charge is 0.496 e. The zero-order valence-electron chi connectivity index (χ0n) is 12.4. The highest BCUT2D eigenvalue weighted by Gasteiger charge is 2.25. The van der Waals surface area contributed by atoms with Crippen LogP contribution in [0.5, 0.6) is 5.75 Å². The second-order valence-electron chi connectivity index (χ2n) is 5.12. The van der Waals surface area contributed by atoms with Crippen molar-refractivity contribution >= 4 is 6.09 Å². The Balaban J connectivity index is 3.00. The molecule has 0 aliphatic carbocycles. The van der Waals surface area contributed by atoms with Gasteiger partial charge < -0.3 is 14.8 Å². The normalized spacial score (nSPS) is 11.0. The number of hydrogen-bond acceptors (Lipinski definition) is 3. The molecule has 0 aliphatic heterocycles. The molecule has 1 aromatic rings. The number of benzene rings is 1. The zero-order valence-corrected chi connectivity index (χ0v) is 12.4. The molecule has 0 aromatic heterocycles. The molecular weight excluding hydrogens is 242 g/mol. The van der Waals surface area contributed by atoms with E-state index >= 15 is 0 Å². The molecule has 1 rings (SSSR count).